The standard InChI is InChI=1S/C24H48O3/c1-3-4-5-6-7-8-9-10-11-14-17-20-23(25)21-18-15-12-13-16-19-22-24(26)27-2/h23,25H,3-22H2,1-2H3. The van der Waals surface area contributed by atoms with Crippen LogP contribution in [0.15, 0.2) is 0 Å². The molecule has 0 aliphatic carbocycles. The molecule has 0 spiro atoms. The van der Waals surface area contributed by atoms with E-state index in [9.17, 15) is 9.90 Å². The van der Waals surface area contributed by atoms with Gasteiger partial charge in [-0.15, -0.1) is 0 Å². The summed E-state index contributed by atoms with van der Waals surface area (Å²) in [6.45, 7) is 2.27. The highest BCUT2D eigenvalue weighted by atomic mass is 16.5. The lowest BCUT2D eigenvalue weighted by molar-refractivity contribution is -0.140. The van der Waals surface area contributed by atoms with Crippen LogP contribution in [0.2, 0.25) is 0 Å². The van der Waals surface area contributed by atoms with Crippen LogP contribution in [0.3, 0.4) is 0 Å². The lowest BCUT2D eigenvalue weighted by Gasteiger charge is -2.10. The number of unbranched alkanes of at least 4 members (excludes halogenated alkanes) is 15. The van der Waals surface area contributed by atoms with Crippen molar-refractivity contribution in [1.29, 1.82) is 0 Å². The van der Waals surface area contributed by atoms with Gasteiger partial charge in [-0.2, -0.15) is 0 Å². The van der Waals surface area contributed by atoms with Crippen molar-refractivity contribution in [2.45, 2.75) is 141 Å². The molecule has 1 unspecified atom stereocenters. The van der Waals surface area contributed by atoms with Crippen LogP contribution >= 0.6 is 0 Å². The van der Waals surface area contributed by atoms with Crippen LogP contribution in [0, 0.1) is 0 Å². The number of ether oxygens (including phenoxy) is 1. The van der Waals surface area contributed by atoms with Gasteiger partial charge in [0.1, 0.15) is 0 Å². The minimum atomic E-state index is -0.0967. The molecule has 0 aliphatic heterocycles. The van der Waals surface area contributed by atoms with E-state index in [0.29, 0.717) is 6.42 Å². The first kappa shape index (κ1) is 26.4. The van der Waals surface area contributed by atoms with E-state index in [4.69, 9.17) is 0 Å². The second-order valence-corrected chi connectivity index (χ2v) is 8.21. The molecule has 162 valence electrons. The SMILES string of the molecule is CCCCCCCCCCCCCC(O)CCCCCCCCC(=O)OC. The molecule has 0 heterocycles. The van der Waals surface area contributed by atoms with Crippen LogP contribution in [0.1, 0.15) is 135 Å². The van der Waals surface area contributed by atoms with Crippen LogP contribution in [0.4, 0.5) is 0 Å². The number of carbonyl (C=O) groups excluding carboxylic acids is 1. The first-order chi connectivity index (χ1) is 13.2. The van der Waals surface area contributed by atoms with Crippen molar-refractivity contribution in [1.82, 2.24) is 0 Å². The van der Waals surface area contributed by atoms with Gasteiger partial charge in [-0.25, -0.2) is 0 Å². The maximum atomic E-state index is 11.0. The molecular weight excluding hydrogens is 336 g/mol. The minimum Gasteiger partial charge on any atom is -0.469 e. The smallest absolute Gasteiger partial charge is 0.305 e. The van der Waals surface area contributed by atoms with E-state index in [0.717, 1.165) is 32.1 Å². The average molecular weight is 385 g/mol. The van der Waals surface area contributed by atoms with Gasteiger partial charge in [0.25, 0.3) is 0 Å². The van der Waals surface area contributed by atoms with Crippen molar-refractivity contribution in [3.63, 3.8) is 0 Å². The van der Waals surface area contributed by atoms with Crippen molar-refractivity contribution >= 4 is 5.97 Å². The molecule has 0 saturated carbocycles. The van der Waals surface area contributed by atoms with Crippen LogP contribution in [0.25, 0.3) is 0 Å². The molecule has 0 aliphatic rings. The summed E-state index contributed by atoms with van der Waals surface area (Å²) in [4.78, 5) is 11.0. The minimum absolute atomic E-state index is 0.0945. The topological polar surface area (TPSA) is 46.5 Å². The van der Waals surface area contributed by atoms with Gasteiger partial charge in [-0.1, -0.05) is 110 Å². The fraction of sp³-hybridized carbons (Fsp3) is 0.958. The third-order valence-corrected chi connectivity index (χ3v) is 5.54. The molecule has 1 N–H and O–H groups in total. The molecule has 0 saturated heterocycles. The van der Waals surface area contributed by atoms with Gasteiger partial charge in [0, 0.05) is 6.42 Å². The largest absolute Gasteiger partial charge is 0.469 e. The van der Waals surface area contributed by atoms with Crippen LogP contribution in [-0.4, -0.2) is 24.3 Å². The fourth-order valence-corrected chi connectivity index (χ4v) is 3.65. The van der Waals surface area contributed by atoms with Crippen LogP contribution in [-0.2, 0) is 9.53 Å². The Balaban J connectivity index is 3.17. The maximum Gasteiger partial charge on any atom is 0.305 e. The van der Waals surface area contributed by atoms with Crippen LogP contribution in [0.5, 0.6) is 0 Å². The summed E-state index contributed by atoms with van der Waals surface area (Å²) in [6, 6.07) is 0. The zero-order valence-electron chi connectivity index (χ0n) is 18.5. The number of aliphatic hydroxyl groups excluding tert-OH is 1. The lowest BCUT2D eigenvalue weighted by Crippen LogP contribution is -2.05. The monoisotopic (exact) mass is 384 g/mol. The van der Waals surface area contributed by atoms with Crippen LogP contribution < -0.4 is 0 Å². The molecule has 0 bridgehead atoms. The highest BCUT2D eigenvalue weighted by molar-refractivity contribution is 5.68. The summed E-state index contributed by atoms with van der Waals surface area (Å²) < 4.78 is 4.64. The molecule has 0 aromatic rings. The molecule has 0 amide bonds. The van der Waals surface area contributed by atoms with Gasteiger partial charge in [-0.05, 0) is 19.3 Å². The highest BCUT2D eigenvalue weighted by Crippen LogP contribution is 2.15. The number of hydrogen-bond acceptors (Lipinski definition) is 3. The van der Waals surface area contributed by atoms with E-state index in [2.05, 4.69) is 11.7 Å². The van der Waals surface area contributed by atoms with E-state index in [1.54, 1.807) is 0 Å². The molecule has 27 heavy (non-hydrogen) atoms. The maximum absolute atomic E-state index is 11.0. The second-order valence-electron chi connectivity index (χ2n) is 8.21. The number of hydrogen-bond donors (Lipinski definition) is 1. The Kier molecular flexibility index (Phi) is 21.3. The molecule has 1 atom stereocenters. The Labute approximate surface area is 169 Å². The van der Waals surface area contributed by atoms with Gasteiger partial charge < -0.3 is 9.84 Å². The molecular formula is C24H48O3. The number of esters is 1. The predicted molar refractivity (Wildman–Crippen MR) is 116 cm³/mol. The van der Waals surface area contributed by atoms with Gasteiger partial charge in [0.15, 0.2) is 0 Å². The zero-order chi connectivity index (χ0) is 20.0. The van der Waals surface area contributed by atoms with Gasteiger partial charge in [0.2, 0.25) is 0 Å². The Hall–Kier alpha value is -0.570. The number of aliphatic hydroxyl groups is 1. The van der Waals surface area contributed by atoms with Crippen molar-refractivity contribution in [3.05, 3.63) is 0 Å². The predicted octanol–water partition coefficient (Wildman–Crippen LogP) is 7.34. The van der Waals surface area contributed by atoms with E-state index in [-0.39, 0.29) is 12.1 Å². The van der Waals surface area contributed by atoms with Crippen molar-refractivity contribution < 1.29 is 14.6 Å². The molecule has 0 aromatic carbocycles. The molecule has 3 nitrogen and oxygen atoms in total. The average Bonchev–Trinajstić information content (AvgIpc) is 2.67. The fourth-order valence-electron chi connectivity index (χ4n) is 3.65. The molecule has 0 rings (SSSR count). The van der Waals surface area contributed by atoms with Crippen molar-refractivity contribution in [3.8, 4) is 0 Å². The molecule has 0 fully saturated rings. The Morgan fingerprint density at radius 1 is 0.667 bits per heavy atom. The van der Waals surface area contributed by atoms with Crippen molar-refractivity contribution in [2.75, 3.05) is 7.11 Å². The van der Waals surface area contributed by atoms with E-state index < -0.39 is 0 Å². The molecule has 0 aromatic heterocycles. The van der Waals surface area contributed by atoms with Gasteiger partial charge in [0.05, 0.1) is 13.2 Å². The zero-order valence-corrected chi connectivity index (χ0v) is 18.5. The number of methoxy groups -OCH3 is 1. The summed E-state index contributed by atoms with van der Waals surface area (Å²) >= 11 is 0. The van der Waals surface area contributed by atoms with Gasteiger partial charge >= 0.3 is 5.97 Å². The summed E-state index contributed by atoms with van der Waals surface area (Å²) in [5.74, 6) is -0.0967. The molecule has 0 radical (unpaired) electrons. The first-order valence-electron chi connectivity index (χ1n) is 12.0. The highest BCUT2D eigenvalue weighted by Gasteiger charge is 2.04. The summed E-state index contributed by atoms with van der Waals surface area (Å²) in [6.07, 6.45) is 24.2. The van der Waals surface area contributed by atoms with E-state index in [1.807, 2.05) is 0 Å². The first-order valence-corrected chi connectivity index (χ1v) is 12.0. The van der Waals surface area contributed by atoms with E-state index in [1.165, 1.54) is 97.0 Å². The summed E-state index contributed by atoms with van der Waals surface area (Å²) in [5, 5.41) is 10.1. The third-order valence-electron chi connectivity index (χ3n) is 5.54. The normalized spacial score (nSPS) is 12.3. The Morgan fingerprint density at radius 2 is 1.04 bits per heavy atom. The number of carbonyl (C=O) groups is 1. The Bertz CT molecular complexity index is 304. The van der Waals surface area contributed by atoms with Crippen molar-refractivity contribution in [2.24, 2.45) is 0 Å². The lowest BCUT2D eigenvalue weighted by atomic mass is 10.0. The second kappa shape index (κ2) is 21.7. The Morgan fingerprint density at radius 3 is 1.44 bits per heavy atom. The summed E-state index contributed by atoms with van der Waals surface area (Å²) in [7, 11) is 1.45. The van der Waals surface area contributed by atoms with E-state index >= 15 is 0 Å². The third kappa shape index (κ3) is 21.6. The molecule has 3 heteroatoms. The summed E-state index contributed by atoms with van der Waals surface area (Å²) in [5.41, 5.74) is 0. The quantitative estimate of drug-likeness (QED) is 0.166. The number of rotatable bonds is 21. The van der Waals surface area contributed by atoms with Gasteiger partial charge in [-0.3, -0.25) is 4.79 Å².